The Labute approximate surface area is 268 Å². The summed E-state index contributed by atoms with van der Waals surface area (Å²) in [5, 5.41) is 7.84. The zero-order valence-electron chi connectivity index (χ0n) is 27.1. The van der Waals surface area contributed by atoms with E-state index in [4.69, 9.17) is 14.2 Å². The lowest BCUT2D eigenvalue weighted by atomic mass is 9.83. The van der Waals surface area contributed by atoms with Crippen LogP contribution in [0.25, 0.3) is 17.0 Å². The van der Waals surface area contributed by atoms with Crippen LogP contribution in [-0.2, 0) is 38.2 Å². The van der Waals surface area contributed by atoms with Crippen LogP contribution in [0.5, 0.6) is 0 Å². The van der Waals surface area contributed by atoms with Crippen molar-refractivity contribution < 1.29 is 38.2 Å². The molecule has 3 heterocycles. The van der Waals surface area contributed by atoms with Crippen LogP contribution in [0.15, 0.2) is 36.4 Å². The van der Waals surface area contributed by atoms with Gasteiger partial charge in [0, 0.05) is 18.9 Å². The normalized spacial score (nSPS) is 19.5. The van der Waals surface area contributed by atoms with Crippen LogP contribution < -0.4 is 16.1 Å². The second-order valence-electron chi connectivity index (χ2n) is 12.2. The van der Waals surface area contributed by atoms with E-state index in [1.165, 1.54) is 19.0 Å². The average Bonchev–Trinajstić information content (AvgIpc) is 3.01. The van der Waals surface area contributed by atoms with Crippen LogP contribution >= 0.6 is 0 Å². The van der Waals surface area contributed by atoms with Crippen LogP contribution in [0.4, 0.5) is 0 Å². The first-order valence-corrected chi connectivity index (χ1v) is 15.4. The molecule has 3 amide bonds. The number of nitrogens with one attached hydrogen (secondary N) is 3. The van der Waals surface area contributed by atoms with Gasteiger partial charge in [0.1, 0.15) is 29.6 Å². The highest BCUT2D eigenvalue weighted by Crippen LogP contribution is 2.31. The third-order valence-electron chi connectivity index (χ3n) is 8.17. The number of amides is 3. The quantitative estimate of drug-likeness (QED) is 0.311. The number of carbonyl (C=O) groups excluding carboxylic acids is 5. The van der Waals surface area contributed by atoms with Gasteiger partial charge in [0.25, 0.3) is 5.91 Å². The third kappa shape index (κ3) is 8.07. The summed E-state index contributed by atoms with van der Waals surface area (Å²) in [5.74, 6) is -2.39. The number of nitrogens with zero attached hydrogens (tertiary/aromatic N) is 2. The SMILES string of the molecule is COC(=O)[C@@H]1CCCN(C(=O)C(C)NC(=O)[C@@H](NC(=O)C2(/C=C/c3ccc4ccc([C@@H](C)OC(C)=O)nc4c3)COC2)C(C)C)N1. The zero-order valence-corrected chi connectivity index (χ0v) is 27.1. The van der Waals surface area contributed by atoms with Crippen molar-refractivity contribution in [2.75, 3.05) is 26.9 Å². The van der Waals surface area contributed by atoms with Gasteiger partial charge in [0.15, 0.2) is 0 Å². The van der Waals surface area contributed by atoms with E-state index >= 15 is 0 Å². The Hall–Kier alpha value is -4.36. The third-order valence-corrected chi connectivity index (χ3v) is 8.17. The first-order valence-electron chi connectivity index (χ1n) is 15.4. The molecule has 1 aromatic carbocycles. The van der Waals surface area contributed by atoms with Gasteiger partial charge in [0.2, 0.25) is 11.8 Å². The fourth-order valence-electron chi connectivity index (χ4n) is 5.35. The van der Waals surface area contributed by atoms with E-state index in [2.05, 4.69) is 21.0 Å². The van der Waals surface area contributed by atoms with Crippen molar-refractivity contribution in [3.63, 3.8) is 0 Å². The molecule has 2 aliphatic heterocycles. The summed E-state index contributed by atoms with van der Waals surface area (Å²) in [6, 6.07) is 6.99. The number of fused-ring (bicyclic) bond motifs is 1. The number of hydrogen-bond acceptors (Lipinski definition) is 10. The summed E-state index contributed by atoms with van der Waals surface area (Å²) >= 11 is 0. The van der Waals surface area contributed by atoms with E-state index in [0.717, 1.165) is 10.9 Å². The van der Waals surface area contributed by atoms with E-state index < -0.39 is 47.4 Å². The second kappa shape index (κ2) is 14.8. The molecule has 0 aliphatic carbocycles. The van der Waals surface area contributed by atoms with Crippen molar-refractivity contribution in [1.29, 1.82) is 0 Å². The number of aromatic nitrogens is 1. The standard InChI is InChI=1S/C33H43N5O8/c1-19(2)28(29(40)34-20(3)30(41)38-15-7-8-26(37-38)31(42)44-6)36-32(43)33(17-45-18-33)14-13-23-9-10-24-11-12-25(35-27(24)16-23)21(4)46-22(5)39/h9-14,16,19-21,26,28,37H,7-8,15,17-18H2,1-6H3,(H,34,40)(H,36,43)/b14-13+/t20?,21-,26+,28+/m1/s1. The van der Waals surface area contributed by atoms with Crippen LogP contribution in [0.2, 0.25) is 0 Å². The first-order chi connectivity index (χ1) is 21.8. The number of hydrogen-bond donors (Lipinski definition) is 3. The Morgan fingerprint density at radius 1 is 1.09 bits per heavy atom. The maximum Gasteiger partial charge on any atom is 0.324 e. The summed E-state index contributed by atoms with van der Waals surface area (Å²) in [6.45, 7) is 8.97. The van der Waals surface area contributed by atoms with Gasteiger partial charge in [-0.1, -0.05) is 44.2 Å². The highest BCUT2D eigenvalue weighted by atomic mass is 16.5. The molecule has 46 heavy (non-hydrogen) atoms. The minimum atomic E-state index is -0.983. The topological polar surface area (TPSA) is 165 Å². The van der Waals surface area contributed by atoms with Gasteiger partial charge in [-0.15, -0.1) is 0 Å². The molecule has 2 saturated heterocycles. The lowest BCUT2D eigenvalue weighted by Gasteiger charge is -2.39. The first kappa shape index (κ1) is 34.5. The summed E-state index contributed by atoms with van der Waals surface area (Å²) in [7, 11) is 1.29. The van der Waals surface area contributed by atoms with Gasteiger partial charge in [-0.2, -0.15) is 0 Å². The molecule has 0 bridgehead atoms. The lowest BCUT2D eigenvalue weighted by molar-refractivity contribution is -0.154. The maximum absolute atomic E-state index is 13.6. The van der Waals surface area contributed by atoms with Gasteiger partial charge in [-0.05, 0) is 50.3 Å². The van der Waals surface area contributed by atoms with E-state index in [1.807, 2.05) is 50.3 Å². The van der Waals surface area contributed by atoms with Gasteiger partial charge in [0.05, 0.1) is 31.5 Å². The number of carbonyl (C=O) groups is 5. The summed E-state index contributed by atoms with van der Waals surface area (Å²) in [5.41, 5.74) is 4.03. The second-order valence-corrected chi connectivity index (χ2v) is 12.2. The highest BCUT2D eigenvalue weighted by Gasteiger charge is 2.45. The largest absolute Gasteiger partial charge is 0.468 e. The molecule has 4 atom stereocenters. The molecular formula is C33H43N5O8. The zero-order chi connectivity index (χ0) is 33.6. The molecule has 3 N–H and O–H groups in total. The Bertz CT molecular complexity index is 1500. The Kier molecular flexibility index (Phi) is 11.1. The van der Waals surface area contributed by atoms with Crippen molar-refractivity contribution in [3.8, 4) is 0 Å². The average molecular weight is 638 g/mol. The Balaban J connectivity index is 1.42. The predicted molar refractivity (Wildman–Crippen MR) is 168 cm³/mol. The van der Waals surface area contributed by atoms with Crippen LogP contribution in [0, 0.1) is 11.3 Å². The van der Waals surface area contributed by atoms with Crippen molar-refractivity contribution >= 4 is 46.6 Å². The van der Waals surface area contributed by atoms with Crippen LogP contribution in [-0.4, -0.2) is 84.6 Å². The van der Waals surface area contributed by atoms with E-state index in [1.54, 1.807) is 19.9 Å². The number of pyridine rings is 1. The predicted octanol–water partition coefficient (Wildman–Crippen LogP) is 2.20. The molecule has 1 aromatic heterocycles. The Morgan fingerprint density at radius 2 is 1.80 bits per heavy atom. The fraction of sp³-hybridized carbons (Fsp3) is 0.515. The molecule has 4 rings (SSSR count). The smallest absolute Gasteiger partial charge is 0.324 e. The molecule has 0 saturated carbocycles. The van der Waals surface area contributed by atoms with Gasteiger partial charge in [-0.25, -0.2) is 10.4 Å². The summed E-state index contributed by atoms with van der Waals surface area (Å²) in [6.07, 6.45) is 4.25. The molecule has 248 valence electrons. The van der Waals surface area contributed by atoms with Gasteiger partial charge >= 0.3 is 11.9 Å². The molecule has 2 aliphatic rings. The van der Waals surface area contributed by atoms with Crippen LogP contribution in [0.3, 0.4) is 0 Å². The number of methoxy groups -OCH3 is 1. The number of hydrazine groups is 1. The molecule has 2 aromatic rings. The van der Waals surface area contributed by atoms with Crippen molar-refractivity contribution in [2.45, 2.75) is 71.7 Å². The molecule has 0 spiro atoms. The molecular weight excluding hydrogens is 594 g/mol. The van der Waals surface area contributed by atoms with Gasteiger partial charge < -0.3 is 24.8 Å². The molecule has 2 fully saturated rings. The minimum absolute atomic E-state index is 0.147. The number of ether oxygens (including phenoxy) is 3. The van der Waals surface area contributed by atoms with Gasteiger partial charge in [-0.3, -0.25) is 29.0 Å². The summed E-state index contributed by atoms with van der Waals surface area (Å²) < 4.78 is 15.5. The van der Waals surface area contributed by atoms with Crippen molar-refractivity contribution in [2.24, 2.45) is 11.3 Å². The molecule has 1 unspecified atom stereocenters. The fourth-order valence-corrected chi connectivity index (χ4v) is 5.35. The van der Waals surface area contributed by atoms with E-state index in [9.17, 15) is 24.0 Å². The van der Waals surface area contributed by atoms with Crippen molar-refractivity contribution in [3.05, 3.63) is 47.7 Å². The highest BCUT2D eigenvalue weighted by molar-refractivity contribution is 5.94. The number of benzene rings is 1. The lowest BCUT2D eigenvalue weighted by Crippen LogP contribution is -2.62. The molecule has 13 nitrogen and oxygen atoms in total. The molecule has 0 radical (unpaired) electrons. The maximum atomic E-state index is 13.6. The van der Waals surface area contributed by atoms with Crippen LogP contribution in [0.1, 0.15) is 64.8 Å². The van der Waals surface area contributed by atoms with E-state index in [-0.39, 0.29) is 31.0 Å². The Morgan fingerprint density at radius 3 is 2.43 bits per heavy atom. The number of rotatable bonds is 11. The van der Waals surface area contributed by atoms with E-state index in [0.29, 0.717) is 30.6 Å². The number of esters is 2. The summed E-state index contributed by atoms with van der Waals surface area (Å²) in [4.78, 5) is 68.0. The minimum Gasteiger partial charge on any atom is -0.468 e. The molecule has 13 heteroatoms. The monoisotopic (exact) mass is 637 g/mol. The van der Waals surface area contributed by atoms with Crippen molar-refractivity contribution in [1.82, 2.24) is 26.1 Å².